The lowest BCUT2D eigenvalue weighted by molar-refractivity contribution is 0.304. The summed E-state index contributed by atoms with van der Waals surface area (Å²) in [5, 5.41) is 17.5. The van der Waals surface area contributed by atoms with Gasteiger partial charge in [0.05, 0.1) is 6.20 Å². The lowest BCUT2D eigenvalue weighted by Crippen LogP contribution is -1.95. The van der Waals surface area contributed by atoms with E-state index in [1.165, 1.54) is 5.56 Å². The van der Waals surface area contributed by atoms with Gasteiger partial charge in [-0.3, -0.25) is 5.10 Å². The van der Waals surface area contributed by atoms with Crippen molar-refractivity contribution in [1.82, 2.24) is 10.2 Å². The number of phenolic OH excluding ortho intramolecular Hbond substituents is 1. The van der Waals surface area contributed by atoms with E-state index in [2.05, 4.69) is 17.1 Å². The molecule has 0 saturated heterocycles. The molecule has 0 amide bonds. The van der Waals surface area contributed by atoms with Crippen LogP contribution in [-0.2, 0) is 13.0 Å². The second-order valence-corrected chi connectivity index (χ2v) is 6.66. The maximum absolute atomic E-state index is 10.5. The lowest BCUT2D eigenvalue weighted by atomic mass is 10.1. The maximum atomic E-state index is 10.5. The molecule has 3 aromatic carbocycles. The van der Waals surface area contributed by atoms with Crippen molar-refractivity contribution in [3.63, 3.8) is 0 Å². The molecular formula is C24H22N2O3. The van der Waals surface area contributed by atoms with Crippen molar-refractivity contribution in [3.05, 3.63) is 90.1 Å². The van der Waals surface area contributed by atoms with Gasteiger partial charge in [0.2, 0.25) is 0 Å². The number of H-pyrrole nitrogens is 1. The zero-order chi connectivity index (χ0) is 20.1. The molecule has 0 aliphatic rings. The number of aromatic hydroxyl groups is 1. The maximum Gasteiger partial charge on any atom is 0.173 e. The van der Waals surface area contributed by atoms with Crippen LogP contribution in [0.25, 0.3) is 11.3 Å². The molecule has 29 heavy (non-hydrogen) atoms. The smallest absolute Gasteiger partial charge is 0.173 e. The molecule has 4 aromatic rings. The summed E-state index contributed by atoms with van der Waals surface area (Å²) in [5.41, 5.74) is 3.51. The zero-order valence-corrected chi connectivity index (χ0v) is 16.1. The van der Waals surface area contributed by atoms with E-state index < -0.39 is 0 Å². The highest BCUT2D eigenvalue weighted by Gasteiger charge is 2.15. The first-order chi connectivity index (χ1) is 14.2. The second-order valence-electron chi connectivity index (χ2n) is 6.66. The quantitative estimate of drug-likeness (QED) is 0.426. The summed E-state index contributed by atoms with van der Waals surface area (Å²) in [4.78, 5) is 0. The molecule has 2 N–H and O–H groups in total. The molecule has 0 bridgehead atoms. The van der Waals surface area contributed by atoms with E-state index in [1.54, 1.807) is 18.3 Å². The number of hydrogen-bond acceptors (Lipinski definition) is 4. The molecule has 0 fully saturated rings. The Balaban J connectivity index is 1.50. The predicted octanol–water partition coefficient (Wildman–Crippen LogP) is 5.72. The fourth-order valence-corrected chi connectivity index (χ4v) is 3.02. The summed E-state index contributed by atoms with van der Waals surface area (Å²) in [6.07, 6.45) is 2.58. The highest BCUT2D eigenvalue weighted by atomic mass is 16.5. The van der Waals surface area contributed by atoms with Crippen molar-refractivity contribution in [1.29, 1.82) is 0 Å². The molecule has 0 aliphatic carbocycles. The Hall–Kier alpha value is -3.73. The Morgan fingerprint density at radius 2 is 1.66 bits per heavy atom. The summed E-state index contributed by atoms with van der Waals surface area (Å²) in [5.74, 6) is 1.94. The summed E-state index contributed by atoms with van der Waals surface area (Å²) in [7, 11) is 0. The van der Waals surface area contributed by atoms with Gasteiger partial charge in [-0.15, -0.1) is 0 Å². The van der Waals surface area contributed by atoms with Gasteiger partial charge in [-0.05, 0) is 41.8 Å². The average molecular weight is 386 g/mol. The van der Waals surface area contributed by atoms with Crippen LogP contribution in [0.5, 0.6) is 23.0 Å². The van der Waals surface area contributed by atoms with E-state index in [4.69, 9.17) is 9.47 Å². The van der Waals surface area contributed by atoms with Crippen LogP contribution in [0.2, 0.25) is 0 Å². The topological polar surface area (TPSA) is 67.4 Å². The van der Waals surface area contributed by atoms with Crippen LogP contribution in [0.3, 0.4) is 0 Å². The van der Waals surface area contributed by atoms with Crippen molar-refractivity contribution in [2.24, 2.45) is 0 Å². The fourth-order valence-electron chi connectivity index (χ4n) is 3.02. The van der Waals surface area contributed by atoms with Gasteiger partial charge in [0.25, 0.3) is 0 Å². The first kappa shape index (κ1) is 18.6. The predicted molar refractivity (Wildman–Crippen MR) is 112 cm³/mol. The summed E-state index contributed by atoms with van der Waals surface area (Å²) >= 11 is 0. The second kappa shape index (κ2) is 8.52. The van der Waals surface area contributed by atoms with Gasteiger partial charge < -0.3 is 14.6 Å². The number of nitrogens with zero attached hydrogens (tertiary/aromatic N) is 1. The Morgan fingerprint density at radius 1 is 0.897 bits per heavy atom. The Labute approximate surface area is 169 Å². The standard InChI is InChI=1S/C24H22N2O3/c1-2-17-8-10-19(11-9-17)29-23-15-25-26-24(23)21-13-12-20(14-22(21)27)28-16-18-6-4-3-5-7-18/h3-15,27H,2,16H2,1H3,(H,25,26). The molecule has 0 radical (unpaired) electrons. The third-order valence-corrected chi connectivity index (χ3v) is 4.65. The number of nitrogens with one attached hydrogen (secondary N) is 1. The van der Waals surface area contributed by atoms with Crippen LogP contribution < -0.4 is 9.47 Å². The summed E-state index contributed by atoms with van der Waals surface area (Å²) < 4.78 is 11.7. The van der Waals surface area contributed by atoms with Gasteiger partial charge in [-0.2, -0.15) is 5.10 Å². The van der Waals surface area contributed by atoms with Gasteiger partial charge in [0.15, 0.2) is 5.75 Å². The number of hydrogen-bond donors (Lipinski definition) is 2. The van der Waals surface area contributed by atoms with Crippen LogP contribution in [0.4, 0.5) is 0 Å². The van der Waals surface area contributed by atoms with Crippen LogP contribution in [0, 0.1) is 0 Å². The van der Waals surface area contributed by atoms with Crippen molar-refractivity contribution in [3.8, 4) is 34.3 Å². The molecule has 1 heterocycles. The first-order valence-electron chi connectivity index (χ1n) is 9.53. The van der Waals surface area contributed by atoms with Crippen molar-refractivity contribution < 1.29 is 14.6 Å². The molecule has 0 saturated carbocycles. The minimum atomic E-state index is 0.0889. The van der Waals surface area contributed by atoms with E-state index in [0.29, 0.717) is 35.1 Å². The molecule has 4 rings (SSSR count). The van der Waals surface area contributed by atoms with E-state index in [9.17, 15) is 5.11 Å². The Kier molecular flexibility index (Phi) is 5.47. The van der Waals surface area contributed by atoms with Gasteiger partial charge in [-0.1, -0.05) is 49.4 Å². The van der Waals surface area contributed by atoms with E-state index >= 15 is 0 Å². The normalized spacial score (nSPS) is 10.7. The highest BCUT2D eigenvalue weighted by molar-refractivity contribution is 5.73. The van der Waals surface area contributed by atoms with Crippen molar-refractivity contribution in [2.45, 2.75) is 20.0 Å². The van der Waals surface area contributed by atoms with E-state index in [-0.39, 0.29) is 5.75 Å². The number of aryl methyl sites for hydroxylation is 1. The van der Waals surface area contributed by atoms with Crippen molar-refractivity contribution in [2.75, 3.05) is 0 Å². The number of benzene rings is 3. The molecule has 146 valence electrons. The van der Waals surface area contributed by atoms with Gasteiger partial charge in [-0.25, -0.2) is 0 Å². The first-order valence-corrected chi connectivity index (χ1v) is 9.53. The minimum absolute atomic E-state index is 0.0889. The summed E-state index contributed by atoms with van der Waals surface area (Å²) in [6.45, 7) is 2.55. The Bertz CT molecular complexity index is 1070. The monoisotopic (exact) mass is 386 g/mol. The average Bonchev–Trinajstić information content (AvgIpc) is 3.21. The highest BCUT2D eigenvalue weighted by Crippen LogP contribution is 2.38. The third kappa shape index (κ3) is 4.41. The summed E-state index contributed by atoms with van der Waals surface area (Å²) in [6, 6.07) is 23.0. The Morgan fingerprint density at radius 3 is 2.38 bits per heavy atom. The number of ether oxygens (including phenoxy) is 2. The van der Waals surface area contributed by atoms with E-state index in [0.717, 1.165) is 12.0 Å². The van der Waals surface area contributed by atoms with Crippen LogP contribution >= 0.6 is 0 Å². The third-order valence-electron chi connectivity index (χ3n) is 4.65. The molecule has 5 nitrogen and oxygen atoms in total. The van der Waals surface area contributed by atoms with Gasteiger partial charge >= 0.3 is 0 Å². The number of phenols is 1. The molecule has 1 aromatic heterocycles. The van der Waals surface area contributed by atoms with Gasteiger partial charge in [0.1, 0.15) is 29.5 Å². The number of rotatable bonds is 7. The number of aromatic nitrogens is 2. The van der Waals surface area contributed by atoms with Crippen LogP contribution in [0.15, 0.2) is 79.0 Å². The molecule has 0 aliphatic heterocycles. The molecule has 0 spiro atoms. The van der Waals surface area contributed by atoms with Crippen molar-refractivity contribution >= 4 is 0 Å². The van der Waals surface area contributed by atoms with Crippen LogP contribution in [0.1, 0.15) is 18.1 Å². The minimum Gasteiger partial charge on any atom is -0.507 e. The molecule has 0 atom stereocenters. The molecular weight excluding hydrogens is 364 g/mol. The zero-order valence-electron chi connectivity index (χ0n) is 16.1. The van der Waals surface area contributed by atoms with Crippen LogP contribution in [-0.4, -0.2) is 15.3 Å². The largest absolute Gasteiger partial charge is 0.507 e. The fraction of sp³-hybridized carbons (Fsp3) is 0.125. The molecule has 0 unspecified atom stereocenters. The molecule has 5 heteroatoms. The SMILES string of the molecule is CCc1ccc(Oc2cn[nH]c2-c2ccc(OCc3ccccc3)cc2O)cc1. The van der Waals surface area contributed by atoms with E-state index in [1.807, 2.05) is 60.7 Å². The number of aromatic amines is 1. The van der Waals surface area contributed by atoms with Gasteiger partial charge in [0, 0.05) is 11.6 Å². The lowest BCUT2D eigenvalue weighted by Gasteiger charge is -2.10.